The summed E-state index contributed by atoms with van der Waals surface area (Å²) >= 11 is 7.49. The quantitative estimate of drug-likeness (QED) is 0.506. The Morgan fingerprint density at radius 3 is 2.30 bits per heavy atom. The summed E-state index contributed by atoms with van der Waals surface area (Å²) in [5.41, 5.74) is 0.968. The number of carbonyl (C=O) groups is 1. The van der Waals surface area contributed by atoms with Gasteiger partial charge in [-0.15, -0.1) is 0 Å². The lowest BCUT2D eigenvalue weighted by Crippen LogP contribution is -2.25. The lowest BCUT2D eigenvalue weighted by atomic mass is 10.1. The Labute approximate surface area is 168 Å². The van der Waals surface area contributed by atoms with Crippen molar-refractivity contribution in [1.82, 2.24) is 9.78 Å². The first-order valence-corrected chi connectivity index (χ1v) is 9.76. The van der Waals surface area contributed by atoms with Crippen molar-refractivity contribution in [2.45, 2.75) is 43.0 Å². The number of ether oxygens (including phenoxy) is 1. The van der Waals surface area contributed by atoms with Gasteiger partial charge in [0.1, 0.15) is 0 Å². The molecule has 0 atom stereocenters. The topological polar surface area (TPSA) is 44.1 Å². The molecule has 0 saturated carbocycles. The Hall–Kier alpha value is -2.24. The molecule has 0 amide bonds. The zero-order chi connectivity index (χ0) is 19.6. The van der Waals surface area contributed by atoms with Crippen LogP contribution in [0.5, 0.6) is 5.88 Å². The molecule has 3 rings (SSSR count). The van der Waals surface area contributed by atoms with Crippen molar-refractivity contribution in [1.29, 1.82) is 0 Å². The minimum atomic E-state index is -0.404. The normalized spacial score (nSPS) is 11.4. The minimum Gasteiger partial charge on any atom is -0.403 e. The predicted molar refractivity (Wildman–Crippen MR) is 109 cm³/mol. The Kier molecular flexibility index (Phi) is 5.63. The highest BCUT2D eigenvalue weighted by molar-refractivity contribution is 7.99. The van der Waals surface area contributed by atoms with E-state index >= 15 is 0 Å². The van der Waals surface area contributed by atoms with Crippen molar-refractivity contribution in [3.05, 3.63) is 70.9 Å². The predicted octanol–water partition coefficient (Wildman–Crippen LogP) is 5.97. The molecule has 3 aromatic rings. The van der Waals surface area contributed by atoms with Gasteiger partial charge in [-0.1, -0.05) is 41.6 Å². The van der Waals surface area contributed by atoms with Crippen LogP contribution in [-0.2, 0) is 5.54 Å². The first-order valence-electron chi connectivity index (χ1n) is 8.56. The van der Waals surface area contributed by atoms with Gasteiger partial charge in [0.05, 0.1) is 21.7 Å². The van der Waals surface area contributed by atoms with Crippen LogP contribution in [0.1, 0.15) is 36.8 Å². The van der Waals surface area contributed by atoms with Crippen molar-refractivity contribution in [3.8, 4) is 5.88 Å². The lowest BCUT2D eigenvalue weighted by Gasteiger charge is -2.22. The molecule has 4 nitrogen and oxygen atoms in total. The standard InChI is InChI=1S/C21H21ClN2O2S/c1-14-18(27-17-12-10-16(22)11-13-17)19(24(23-14)21(2,3)4)26-20(25)15-8-6-5-7-9-15/h5-13H,1-4H3. The molecule has 0 aliphatic carbocycles. The molecule has 0 fully saturated rings. The fourth-order valence-electron chi connectivity index (χ4n) is 2.49. The van der Waals surface area contributed by atoms with Gasteiger partial charge in [-0.2, -0.15) is 5.10 Å². The van der Waals surface area contributed by atoms with Crippen LogP contribution in [0.3, 0.4) is 0 Å². The van der Waals surface area contributed by atoms with Crippen molar-refractivity contribution >= 4 is 29.3 Å². The van der Waals surface area contributed by atoms with E-state index in [4.69, 9.17) is 16.3 Å². The van der Waals surface area contributed by atoms with Gasteiger partial charge in [0.2, 0.25) is 5.88 Å². The number of hydrogen-bond donors (Lipinski definition) is 0. The minimum absolute atomic E-state index is 0.337. The van der Waals surface area contributed by atoms with Crippen molar-refractivity contribution in [3.63, 3.8) is 0 Å². The van der Waals surface area contributed by atoms with Crippen molar-refractivity contribution < 1.29 is 9.53 Å². The summed E-state index contributed by atoms with van der Waals surface area (Å²) in [6, 6.07) is 16.5. The van der Waals surface area contributed by atoms with E-state index in [2.05, 4.69) is 5.10 Å². The molecule has 0 N–H and O–H groups in total. The van der Waals surface area contributed by atoms with Gasteiger partial charge < -0.3 is 4.74 Å². The Morgan fingerprint density at radius 2 is 1.70 bits per heavy atom. The number of rotatable bonds is 4. The maximum absolute atomic E-state index is 12.7. The van der Waals surface area contributed by atoms with Gasteiger partial charge in [0, 0.05) is 9.92 Å². The largest absolute Gasteiger partial charge is 0.403 e. The van der Waals surface area contributed by atoms with Crippen LogP contribution in [0, 0.1) is 6.92 Å². The smallest absolute Gasteiger partial charge is 0.344 e. The number of hydrogen-bond acceptors (Lipinski definition) is 4. The number of carbonyl (C=O) groups excluding carboxylic acids is 1. The van der Waals surface area contributed by atoms with Crippen LogP contribution < -0.4 is 4.74 Å². The highest BCUT2D eigenvalue weighted by atomic mass is 35.5. The summed E-state index contributed by atoms with van der Waals surface area (Å²) in [6.45, 7) is 7.99. The molecule has 0 spiro atoms. The molecule has 0 aliphatic rings. The van der Waals surface area contributed by atoms with Gasteiger partial charge in [-0.05, 0) is 64.1 Å². The van der Waals surface area contributed by atoms with Crippen LogP contribution >= 0.6 is 23.4 Å². The van der Waals surface area contributed by atoms with Gasteiger partial charge in [0.25, 0.3) is 0 Å². The second-order valence-electron chi connectivity index (χ2n) is 7.11. The summed E-state index contributed by atoms with van der Waals surface area (Å²) in [7, 11) is 0. The SMILES string of the molecule is Cc1nn(C(C)(C)C)c(OC(=O)c2ccccc2)c1Sc1ccc(Cl)cc1. The highest BCUT2D eigenvalue weighted by Gasteiger charge is 2.27. The Bertz CT molecular complexity index is 945. The lowest BCUT2D eigenvalue weighted by molar-refractivity contribution is 0.0704. The number of esters is 1. The van der Waals surface area contributed by atoms with Gasteiger partial charge in [-0.3, -0.25) is 0 Å². The molecule has 1 heterocycles. The molecular weight excluding hydrogens is 380 g/mol. The van der Waals surface area contributed by atoms with E-state index in [-0.39, 0.29) is 5.54 Å². The molecule has 6 heteroatoms. The highest BCUT2D eigenvalue weighted by Crippen LogP contribution is 2.40. The second kappa shape index (κ2) is 7.79. The Morgan fingerprint density at radius 1 is 1.07 bits per heavy atom. The average molecular weight is 401 g/mol. The second-order valence-corrected chi connectivity index (χ2v) is 8.63. The van der Waals surface area contributed by atoms with Crippen molar-refractivity contribution in [2.75, 3.05) is 0 Å². The monoisotopic (exact) mass is 400 g/mol. The molecule has 27 heavy (non-hydrogen) atoms. The maximum Gasteiger partial charge on any atom is 0.344 e. The third-order valence-electron chi connectivity index (χ3n) is 3.83. The molecule has 0 radical (unpaired) electrons. The molecule has 0 saturated heterocycles. The van der Waals surface area contributed by atoms with Crippen LogP contribution in [0.4, 0.5) is 0 Å². The molecule has 1 aromatic heterocycles. The number of aryl methyl sites for hydroxylation is 1. The summed E-state index contributed by atoms with van der Waals surface area (Å²) in [5, 5.41) is 5.31. The first-order chi connectivity index (χ1) is 12.8. The number of aromatic nitrogens is 2. The third-order valence-corrected chi connectivity index (χ3v) is 5.27. The van der Waals surface area contributed by atoms with E-state index < -0.39 is 5.97 Å². The van der Waals surface area contributed by atoms with Crippen LogP contribution in [-0.4, -0.2) is 15.7 Å². The molecule has 0 unspecified atom stereocenters. The van der Waals surface area contributed by atoms with Crippen LogP contribution in [0.15, 0.2) is 64.4 Å². The fraction of sp³-hybridized carbons (Fsp3) is 0.238. The molecule has 140 valence electrons. The summed E-state index contributed by atoms with van der Waals surface area (Å²) in [4.78, 5) is 14.5. The van der Waals surface area contributed by atoms with Gasteiger partial charge in [-0.25, -0.2) is 9.48 Å². The summed E-state index contributed by atoms with van der Waals surface area (Å²) in [5.74, 6) is 0.0489. The molecule has 0 bridgehead atoms. The summed E-state index contributed by atoms with van der Waals surface area (Å²) in [6.07, 6.45) is 0. The number of halogens is 1. The van der Waals surface area contributed by atoms with Crippen molar-refractivity contribution in [2.24, 2.45) is 0 Å². The van der Waals surface area contributed by atoms with Crippen LogP contribution in [0.25, 0.3) is 0 Å². The van der Waals surface area contributed by atoms with Crippen LogP contribution in [0.2, 0.25) is 5.02 Å². The van der Waals surface area contributed by atoms with Gasteiger partial charge >= 0.3 is 5.97 Å². The zero-order valence-electron chi connectivity index (χ0n) is 15.7. The zero-order valence-corrected chi connectivity index (χ0v) is 17.3. The van der Waals surface area contributed by atoms with E-state index in [0.29, 0.717) is 16.5 Å². The molecule has 2 aromatic carbocycles. The van der Waals surface area contributed by atoms with E-state index in [1.54, 1.807) is 16.8 Å². The molecular formula is C21H21ClN2O2S. The summed E-state index contributed by atoms with van der Waals surface area (Å²) < 4.78 is 7.59. The number of nitrogens with zero attached hydrogens (tertiary/aromatic N) is 2. The van der Waals surface area contributed by atoms with Gasteiger partial charge in [0.15, 0.2) is 0 Å². The maximum atomic E-state index is 12.7. The van der Waals surface area contributed by atoms with E-state index in [9.17, 15) is 4.79 Å². The Balaban J connectivity index is 2.01. The van der Waals surface area contributed by atoms with E-state index in [0.717, 1.165) is 15.5 Å². The first kappa shape index (κ1) is 19.5. The fourth-order valence-corrected chi connectivity index (χ4v) is 3.53. The molecule has 0 aliphatic heterocycles. The van der Waals surface area contributed by atoms with E-state index in [1.807, 2.05) is 70.2 Å². The third kappa shape index (κ3) is 4.54. The average Bonchev–Trinajstić information content (AvgIpc) is 2.94. The van der Waals surface area contributed by atoms with E-state index in [1.165, 1.54) is 11.8 Å². The number of benzene rings is 2.